The van der Waals surface area contributed by atoms with Crippen LogP contribution in [-0.4, -0.2) is 87.1 Å². The summed E-state index contributed by atoms with van der Waals surface area (Å²) in [7, 11) is 3.86. The summed E-state index contributed by atoms with van der Waals surface area (Å²) in [5, 5.41) is 8.44. The maximum absolute atomic E-state index is 12.4. The Morgan fingerprint density at radius 1 is 1.15 bits per heavy atom. The van der Waals surface area contributed by atoms with Crippen molar-refractivity contribution < 1.29 is 14.3 Å². The first-order valence-electron chi connectivity index (χ1n) is 13.9. The van der Waals surface area contributed by atoms with Gasteiger partial charge in [-0.1, -0.05) is 6.07 Å². The summed E-state index contributed by atoms with van der Waals surface area (Å²) in [6, 6.07) is 7.02. The summed E-state index contributed by atoms with van der Waals surface area (Å²) in [5.41, 5.74) is 8.69. The maximum atomic E-state index is 12.4. The van der Waals surface area contributed by atoms with Gasteiger partial charge in [-0.05, 0) is 77.7 Å². The molecule has 1 aromatic carbocycles. The molecule has 2 aromatic heterocycles. The van der Waals surface area contributed by atoms with Crippen LogP contribution in [0, 0.1) is 0 Å². The normalized spacial score (nSPS) is 19.4. The summed E-state index contributed by atoms with van der Waals surface area (Å²) in [4.78, 5) is 26.2. The van der Waals surface area contributed by atoms with Crippen LogP contribution in [0.4, 0.5) is 16.3 Å². The average Bonchev–Trinajstić information content (AvgIpc) is 3.87. The summed E-state index contributed by atoms with van der Waals surface area (Å²) in [6.07, 6.45) is 7.88. The van der Waals surface area contributed by atoms with E-state index in [4.69, 9.17) is 20.3 Å². The number of likely N-dealkylation sites (tertiary alicyclic amines) is 1. The van der Waals surface area contributed by atoms with Gasteiger partial charge in [0.2, 0.25) is 0 Å². The van der Waals surface area contributed by atoms with E-state index in [2.05, 4.69) is 32.1 Å². The van der Waals surface area contributed by atoms with E-state index in [-0.39, 0.29) is 5.60 Å². The molecular formula is C28H38N8O3. The van der Waals surface area contributed by atoms with Crippen LogP contribution in [0.1, 0.15) is 45.4 Å². The van der Waals surface area contributed by atoms with Gasteiger partial charge in [-0.3, -0.25) is 5.32 Å². The lowest BCUT2D eigenvalue weighted by Gasteiger charge is -2.36. The Morgan fingerprint density at radius 3 is 2.59 bits per heavy atom. The van der Waals surface area contributed by atoms with Gasteiger partial charge < -0.3 is 25.0 Å². The predicted octanol–water partition coefficient (Wildman–Crippen LogP) is 3.74. The van der Waals surface area contributed by atoms with Gasteiger partial charge in [-0.2, -0.15) is 5.10 Å². The van der Waals surface area contributed by atoms with Gasteiger partial charge in [0.15, 0.2) is 5.65 Å². The van der Waals surface area contributed by atoms with E-state index in [9.17, 15) is 4.79 Å². The number of nitrogen functional groups attached to an aromatic ring is 1. The number of rotatable bonds is 9. The topological polar surface area (TPSA) is 124 Å². The molecule has 1 aliphatic heterocycles. The second kappa shape index (κ2) is 10.3. The van der Waals surface area contributed by atoms with Crippen molar-refractivity contribution in [1.29, 1.82) is 0 Å². The summed E-state index contributed by atoms with van der Waals surface area (Å²) in [6.45, 7) is 5.72. The lowest BCUT2D eigenvalue weighted by atomic mass is 10.0. The van der Waals surface area contributed by atoms with Crippen LogP contribution >= 0.6 is 0 Å². The number of piperidine rings is 1. The van der Waals surface area contributed by atoms with Crippen molar-refractivity contribution in [2.75, 3.05) is 44.8 Å². The molecule has 2 aliphatic carbocycles. The van der Waals surface area contributed by atoms with Gasteiger partial charge >= 0.3 is 6.09 Å². The largest absolute Gasteiger partial charge is 0.495 e. The first-order chi connectivity index (χ1) is 18.8. The van der Waals surface area contributed by atoms with Crippen molar-refractivity contribution in [3.63, 3.8) is 0 Å². The van der Waals surface area contributed by atoms with E-state index < -0.39 is 6.09 Å². The van der Waals surface area contributed by atoms with E-state index in [1.54, 1.807) is 13.2 Å². The molecule has 3 heterocycles. The fraction of sp³-hybridized carbons (Fsp3) is 0.571. The molecule has 39 heavy (non-hydrogen) atoms. The number of amides is 1. The number of aromatic nitrogens is 4. The summed E-state index contributed by atoms with van der Waals surface area (Å²) < 4.78 is 13.0. The Morgan fingerprint density at radius 2 is 1.90 bits per heavy atom. The van der Waals surface area contributed by atoms with E-state index in [0.717, 1.165) is 44.1 Å². The average molecular weight is 535 g/mol. The quantitative estimate of drug-likeness (QED) is 0.422. The molecule has 3 aromatic rings. The van der Waals surface area contributed by atoms with Crippen LogP contribution in [0.2, 0.25) is 0 Å². The first kappa shape index (κ1) is 25.8. The van der Waals surface area contributed by atoms with Gasteiger partial charge in [0.25, 0.3) is 0 Å². The Labute approximate surface area is 228 Å². The number of ether oxygens (including phenoxy) is 2. The van der Waals surface area contributed by atoms with Crippen molar-refractivity contribution in [3.05, 3.63) is 24.5 Å². The number of methoxy groups -OCH3 is 1. The van der Waals surface area contributed by atoms with Gasteiger partial charge in [-0.15, -0.1) is 0 Å². The molecule has 6 rings (SSSR count). The lowest BCUT2D eigenvalue weighted by molar-refractivity contribution is 0.107. The van der Waals surface area contributed by atoms with Crippen LogP contribution in [-0.2, 0) is 11.3 Å². The van der Waals surface area contributed by atoms with E-state index in [1.165, 1.54) is 32.0 Å². The van der Waals surface area contributed by atoms with Gasteiger partial charge in [0.1, 0.15) is 29.2 Å². The third kappa shape index (κ3) is 5.51. The van der Waals surface area contributed by atoms with Gasteiger partial charge in [0, 0.05) is 24.2 Å². The minimum atomic E-state index is -0.489. The molecule has 11 nitrogen and oxygen atoms in total. The highest BCUT2D eigenvalue weighted by molar-refractivity contribution is 5.99. The third-order valence-corrected chi connectivity index (χ3v) is 8.45. The monoisotopic (exact) mass is 534 g/mol. The zero-order valence-corrected chi connectivity index (χ0v) is 23.0. The Bertz CT molecular complexity index is 1360. The van der Waals surface area contributed by atoms with Crippen molar-refractivity contribution in [1.82, 2.24) is 29.5 Å². The molecule has 1 saturated heterocycles. The zero-order chi connectivity index (χ0) is 27.1. The highest BCUT2D eigenvalue weighted by Crippen LogP contribution is 2.40. The Balaban J connectivity index is 1.18. The van der Waals surface area contributed by atoms with Crippen LogP contribution in [0.3, 0.4) is 0 Å². The molecule has 208 valence electrons. The number of hydrogen-bond donors (Lipinski definition) is 2. The number of carbonyl (C=O) groups is 1. The number of fused-ring (bicyclic) bond motifs is 1. The number of nitrogens with two attached hydrogens (primary N) is 1. The molecule has 3 N–H and O–H groups in total. The minimum Gasteiger partial charge on any atom is -0.495 e. The zero-order valence-electron chi connectivity index (χ0n) is 23.0. The molecule has 0 unspecified atom stereocenters. The maximum Gasteiger partial charge on any atom is 0.412 e. The van der Waals surface area contributed by atoms with Crippen LogP contribution in [0.25, 0.3) is 22.3 Å². The SMILES string of the molecule is COc1cc(-c2nn(CCN3CCC(N(C)C4CC4)CC3)c3ncnc(N)c23)ccc1NC(=O)OC1(C)CC1. The number of nitrogens with zero attached hydrogens (tertiary/aromatic N) is 6. The van der Waals surface area contributed by atoms with E-state index >= 15 is 0 Å². The Kier molecular flexibility index (Phi) is 6.80. The molecule has 0 bridgehead atoms. The van der Waals surface area contributed by atoms with E-state index in [1.807, 2.05) is 23.7 Å². The van der Waals surface area contributed by atoms with Crippen molar-refractivity contribution in [2.24, 2.45) is 0 Å². The number of carbonyl (C=O) groups excluding carboxylic acids is 1. The molecule has 2 saturated carbocycles. The van der Waals surface area contributed by atoms with Crippen molar-refractivity contribution in [2.45, 2.75) is 69.7 Å². The van der Waals surface area contributed by atoms with Crippen LogP contribution in [0.15, 0.2) is 24.5 Å². The van der Waals surface area contributed by atoms with Gasteiger partial charge in [-0.25, -0.2) is 19.4 Å². The molecular weight excluding hydrogens is 496 g/mol. The van der Waals surface area contributed by atoms with E-state index in [0.29, 0.717) is 46.6 Å². The number of anilines is 2. The molecule has 1 amide bonds. The predicted molar refractivity (Wildman–Crippen MR) is 150 cm³/mol. The third-order valence-electron chi connectivity index (χ3n) is 8.45. The number of hydrogen-bond acceptors (Lipinski definition) is 9. The Hall–Kier alpha value is -3.44. The number of nitrogens with one attached hydrogen (secondary N) is 1. The summed E-state index contributed by atoms with van der Waals surface area (Å²) in [5.74, 6) is 0.884. The molecule has 3 aliphatic rings. The molecule has 11 heteroatoms. The molecule has 0 atom stereocenters. The first-order valence-corrected chi connectivity index (χ1v) is 13.9. The van der Waals surface area contributed by atoms with Crippen LogP contribution in [0.5, 0.6) is 5.75 Å². The highest BCUT2D eigenvalue weighted by atomic mass is 16.6. The van der Waals surface area contributed by atoms with Crippen molar-refractivity contribution in [3.8, 4) is 17.0 Å². The fourth-order valence-corrected chi connectivity index (χ4v) is 5.53. The van der Waals surface area contributed by atoms with Crippen LogP contribution < -0.4 is 15.8 Å². The number of benzene rings is 1. The second-order valence-electron chi connectivity index (χ2n) is 11.4. The molecule has 0 spiro atoms. The lowest BCUT2D eigenvalue weighted by Crippen LogP contribution is -2.44. The summed E-state index contributed by atoms with van der Waals surface area (Å²) >= 11 is 0. The van der Waals surface area contributed by atoms with Crippen molar-refractivity contribution >= 4 is 28.6 Å². The molecule has 0 radical (unpaired) electrons. The minimum absolute atomic E-state index is 0.358. The fourth-order valence-electron chi connectivity index (χ4n) is 5.53. The highest BCUT2D eigenvalue weighted by Gasteiger charge is 2.41. The van der Waals surface area contributed by atoms with Gasteiger partial charge in [0.05, 0.1) is 24.7 Å². The smallest absolute Gasteiger partial charge is 0.412 e. The second-order valence-corrected chi connectivity index (χ2v) is 11.4. The molecule has 3 fully saturated rings. The standard InChI is InChI=1S/C28H38N8O3/c1-28(10-11-28)39-27(37)32-21-7-4-18(16-22(21)38-3)24-23-25(29)30-17-31-26(23)36(33-24)15-14-35-12-8-20(9-13-35)34(2)19-5-6-19/h4,7,16-17,19-20H,5-6,8-15H2,1-3H3,(H,32,37)(H2,29,30,31).